The Morgan fingerprint density at radius 2 is 2.00 bits per heavy atom. The lowest BCUT2D eigenvalue weighted by molar-refractivity contribution is -0.897. The zero-order chi connectivity index (χ0) is 18.9. The van der Waals surface area contributed by atoms with Gasteiger partial charge in [0.1, 0.15) is 23.1 Å². The Hall–Kier alpha value is -2.86. The lowest BCUT2D eigenvalue weighted by atomic mass is 10.1. The maximum absolute atomic E-state index is 13.1. The predicted molar refractivity (Wildman–Crippen MR) is 105 cm³/mol. The number of nitrogens with zero attached hydrogens (tertiary/aromatic N) is 2. The van der Waals surface area contributed by atoms with Crippen LogP contribution < -0.4 is 4.90 Å². The Balaban J connectivity index is 1.43. The molecule has 4 heterocycles. The number of carbonyl (C=O) groups is 1. The number of nitrogens with one attached hydrogen (secondary N) is 1. The first-order valence-electron chi connectivity index (χ1n) is 10.0. The van der Waals surface area contributed by atoms with E-state index in [-0.39, 0.29) is 11.9 Å². The molecule has 1 atom stereocenters. The van der Waals surface area contributed by atoms with E-state index < -0.39 is 0 Å². The Morgan fingerprint density at radius 1 is 1.14 bits per heavy atom. The van der Waals surface area contributed by atoms with Crippen molar-refractivity contribution >= 4 is 22.6 Å². The van der Waals surface area contributed by atoms with Crippen molar-refractivity contribution < 1.29 is 18.5 Å². The fourth-order valence-corrected chi connectivity index (χ4v) is 4.24. The number of furan rings is 2. The van der Waals surface area contributed by atoms with Gasteiger partial charge in [-0.15, -0.1) is 0 Å². The molecular weight excluding hydrogens is 354 g/mol. The third kappa shape index (κ3) is 3.24. The van der Waals surface area contributed by atoms with Crippen LogP contribution in [0.1, 0.15) is 43.2 Å². The molecule has 1 aromatic carbocycles. The second kappa shape index (κ2) is 7.28. The van der Waals surface area contributed by atoms with Crippen LogP contribution in [-0.4, -0.2) is 36.3 Å². The van der Waals surface area contributed by atoms with Gasteiger partial charge in [0.15, 0.2) is 12.3 Å². The van der Waals surface area contributed by atoms with Gasteiger partial charge in [-0.3, -0.25) is 4.79 Å². The van der Waals surface area contributed by atoms with Crippen LogP contribution in [0, 0.1) is 0 Å². The van der Waals surface area contributed by atoms with Crippen molar-refractivity contribution in [2.24, 2.45) is 5.10 Å². The molecule has 144 valence electrons. The molecule has 0 unspecified atom stereocenters. The molecule has 2 aromatic heterocycles. The summed E-state index contributed by atoms with van der Waals surface area (Å²) in [6.07, 6.45) is 5.89. The molecular formula is C22H24N3O3+. The quantitative estimate of drug-likeness (QED) is 0.759. The average Bonchev–Trinajstić information content (AvgIpc) is 3.46. The van der Waals surface area contributed by atoms with Gasteiger partial charge in [-0.25, -0.2) is 5.01 Å². The summed E-state index contributed by atoms with van der Waals surface area (Å²) in [6.45, 7) is 2.60. The van der Waals surface area contributed by atoms with Crippen LogP contribution in [0.3, 0.4) is 0 Å². The molecule has 0 spiro atoms. The number of piperidine rings is 1. The molecule has 28 heavy (non-hydrogen) atoms. The number of hydrogen-bond donors (Lipinski definition) is 1. The Morgan fingerprint density at radius 3 is 2.79 bits per heavy atom. The number of likely N-dealkylation sites (tertiary alicyclic amines) is 1. The summed E-state index contributed by atoms with van der Waals surface area (Å²) in [5.74, 6) is 1.53. The highest BCUT2D eigenvalue weighted by Crippen LogP contribution is 2.34. The maximum Gasteiger partial charge on any atom is 0.298 e. The summed E-state index contributed by atoms with van der Waals surface area (Å²) in [7, 11) is 0. The van der Waals surface area contributed by atoms with Gasteiger partial charge in [0, 0.05) is 11.8 Å². The minimum Gasteiger partial charge on any atom is -0.467 e. The maximum atomic E-state index is 13.1. The van der Waals surface area contributed by atoms with E-state index in [2.05, 4.69) is 5.10 Å². The molecule has 1 amide bonds. The molecule has 0 bridgehead atoms. The fourth-order valence-electron chi connectivity index (χ4n) is 4.24. The fraction of sp³-hybridized carbons (Fsp3) is 0.364. The molecule has 1 fully saturated rings. The largest absolute Gasteiger partial charge is 0.467 e. The van der Waals surface area contributed by atoms with Gasteiger partial charge in [0.2, 0.25) is 0 Å². The molecule has 6 heteroatoms. The van der Waals surface area contributed by atoms with Gasteiger partial charge in [-0.05, 0) is 43.5 Å². The van der Waals surface area contributed by atoms with Crippen LogP contribution in [0.25, 0.3) is 11.0 Å². The molecule has 0 radical (unpaired) electrons. The van der Waals surface area contributed by atoms with Crippen LogP contribution in [0.4, 0.5) is 0 Å². The van der Waals surface area contributed by atoms with Gasteiger partial charge < -0.3 is 13.7 Å². The number of para-hydroxylation sites is 1. The normalized spacial score (nSPS) is 20.6. The Bertz CT molecular complexity index is 966. The van der Waals surface area contributed by atoms with E-state index in [9.17, 15) is 4.79 Å². The third-order valence-corrected chi connectivity index (χ3v) is 5.71. The SMILES string of the molecule is O=C(C[NH+]1CCCCC1)N1N=C(c2cc3ccccc3o2)C[C@H]1c1ccco1. The topological polar surface area (TPSA) is 63.4 Å². The summed E-state index contributed by atoms with van der Waals surface area (Å²) in [5, 5.41) is 7.34. The predicted octanol–water partition coefficient (Wildman–Crippen LogP) is 2.77. The van der Waals surface area contributed by atoms with Gasteiger partial charge in [-0.2, -0.15) is 5.10 Å². The molecule has 6 nitrogen and oxygen atoms in total. The first-order valence-corrected chi connectivity index (χ1v) is 10.0. The van der Waals surface area contributed by atoms with E-state index >= 15 is 0 Å². The number of fused-ring (bicyclic) bond motifs is 1. The van der Waals surface area contributed by atoms with Gasteiger partial charge in [-0.1, -0.05) is 18.2 Å². The van der Waals surface area contributed by atoms with Gasteiger partial charge >= 0.3 is 0 Å². The second-order valence-electron chi connectivity index (χ2n) is 7.66. The highest BCUT2D eigenvalue weighted by Gasteiger charge is 2.37. The summed E-state index contributed by atoms with van der Waals surface area (Å²) in [6, 6.07) is 13.5. The van der Waals surface area contributed by atoms with Crippen LogP contribution in [0.2, 0.25) is 0 Å². The van der Waals surface area contributed by atoms with Crippen molar-refractivity contribution in [1.29, 1.82) is 0 Å². The molecule has 0 saturated carbocycles. The number of hydrazone groups is 1. The Labute approximate surface area is 163 Å². The standard InChI is InChI=1S/C22H23N3O3/c26-22(15-24-10-4-1-5-11-24)25-18(20-9-6-12-27-20)14-17(23-25)21-13-16-7-2-3-8-19(16)28-21/h2-3,6-9,12-13,18H,1,4-5,10-11,14-15H2/p+1/t18-/m0/s1. The van der Waals surface area contributed by atoms with Crippen LogP contribution in [0.5, 0.6) is 0 Å². The smallest absolute Gasteiger partial charge is 0.298 e. The zero-order valence-corrected chi connectivity index (χ0v) is 15.8. The van der Waals surface area contributed by atoms with Crippen molar-refractivity contribution in [3.8, 4) is 0 Å². The number of amides is 1. The van der Waals surface area contributed by atoms with Crippen molar-refractivity contribution in [3.05, 3.63) is 60.2 Å². The van der Waals surface area contributed by atoms with E-state index in [1.165, 1.54) is 24.2 Å². The number of carbonyl (C=O) groups excluding carboxylic acids is 1. The first kappa shape index (κ1) is 17.3. The van der Waals surface area contributed by atoms with Crippen molar-refractivity contribution in [2.75, 3.05) is 19.6 Å². The van der Waals surface area contributed by atoms with Gasteiger partial charge in [0.05, 0.1) is 19.4 Å². The summed E-state index contributed by atoms with van der Waals surface area (Å²) in [5.41, 5.74) is 1.62. The summed E-state index contributed by atoms with van der Waals surface area (Å²) < 4.78 is 11.6. The number of benzene rings is 1. The van der Waals surface area contributed by atoms with E-state index in [1.807, 2.05) is 42.5 Å². The zero-order valence-electron chi connectivity index (χ0n) is 15.8. The van der Waals surface area contributed by atoms with Crippen molar-refractivity contribution in [3.63, 3.8) is 0 Å². The van der Waals surface area contributed by atoms with Crippen LogP contribution >= 0.6 is 0 Å². The summed E-state index contributed by atoms with van der Waals surface area (Å²) in [4.78, 5) is 14.4. The minimum absolute atomic E-state index is 0.0458. The minimum atomic E-state index is -0.213. The lowest BCUT2D eigenvalue weighted by Crippen LogP contribution is -3.13. The highest BCUT2D eigenvalue weighted by molar-refractivity contribution is 6.03. The lowest BCUT2D eigenvalue weighted by Gasteiger charge is -2.26. The second-order valence-corrected chi connectivity index (χ2v) is 7.66. The molecule has 0 aliphatic carbocycles. The monoisotopic (exact) mass is 378 g/mol. The highest BCUT2D eigenvalue weighted by atomic mass is 16.3. The molecule has 1 N–H and O–H groups in total. The summed E-state index contributed by atoms with van der Waals surface area (Å²) >= 11 is 0. The molecule has 2 aliphatic rings. The van der Waals surface area contributed by atoms with E-state index in [1.54, 1.807) is 11.3 Å². The number of rotatable bonds is 4. The van der Waals surface area contributed by atoms with E-state index in [4.69, 9.17) is 8.83 Å². The molecule has 3 aromatic rings. The Kier molecular flexibility index (Phi) is 4.49. The van der Waals surface area contributed by atoms with Crippen molar-refractivity contribution in [2.45, 2.75) is 31.7 Å². The average molecular weight is 378 g/mol. The third-order valence-electron chi connectivity index (χ3n) is 5.71. The van der Waals surface area contributed by atoms with Crippen molar-refractivity contribution in [1.82, 2.24) is 5.01 Å². The van der Waals surface area contributed by atoms with Gasteiger partial charge in [0.25, 0.3) is 5.91 Å². The van der Waals surface area contributed by atoms with E-state index in [0.717, 1.165) is 41.3 Å². The molecule has 5 rings (SSSR count). The number of quaternary nitrogens is 1. The molecule has 2 aliphatic heterocycles. The number of hydrogen-bond acceptors (Lipinski definition) is 4. The molecule has 1 saturated heterocycles. The van der Waals surface area contributed by atoms with E-state index in [0.29, 0.717) is 13.0 Å². The first-order chi connectivity index (χ1) is 13.8. The van der Waals surface area contributed by atoms with Crippen LogP contribution in [0.15, 0.2) is 62.7 Å². The van der Waals surface area contributed by atoms with Crippen LogP contribution in [-0.2, 0) is 4.79 Å².